The zero-order valence-corrected chi connectivity index (χ0v) is 13.4. The highest BCUT2D eigenvalue weighted by Gasteiger charge is 2.19. The van der Waals surface area contributed by atoms with E-state index in [0.717, 1.165) is 31.4 Å². The number of benzene rings is 1. The summed E-state index contributed by atoms with van der Waals surface area (Å²) >= 11 is 0. The van der Waals surface area contributed by atoms with E-state index in [-0.39, 0.29) is 6.04 Å². The summed E-state index contributed by atoms with van der Waals surface area (Å²) in [7, 11) is 3.86. The SMILES string of the molecule is CN(C)c1cccc(NC(=O)C(=O)NC2CCCCCC2)c1. The zero-order valence-electron chi connectivity index (χ0n) is 13.4. The third-order valence-corrected chi connectivity index (χ3v) is 4.02. The molecule has 1 aliphatic carbocycles. The van der Waals surface area contributed by atoms with Gasteiger partial charge in [-0.15, -0.1) is 0 Å². The molecule has 2 N–H and O–H groups in total. The van der Waals surface area contributed by atoms with Crippen molar-refractivity contribution in [1.82, 2.24) is 5.32 Å². The van der Waals surface area contributed by atoms with E-state index in [9.17, 15) is 9.59 Å². The Morgan fingerprint density at radius 1 is 1.05 bits per heavy atom. The van der Waals surface area contributed by atoms with Crippen molar-refractivity contribution < 1.29 is 9.59 Å². The number of carbonyl (C=O) groups is 2. The van der Waals surface area contributed by atoms with Gasteiger partial charge in [0, 0.05) is 31.5 Å². The first kappa shape index (κ1) is 16.3. The van der Waals surface area contributed by atoms with Crippen LogP contribution in [0.4, 0.5) is 11.4 Å². The van der Waals surface area contributed by atoms with Crippen LogP contribution in [0.5, 0.6) is 0 Å². The second kappa shape index (κ2) is 7.82. The van der Waals surface area contributed by atoms with Gasteiger partial charge in [-0.2, -0.15) is 0 Å². The molecule has 120 valence electrons. The Balaban J connectivity index is 1.90. The third kappa shape index (κ3) is 4.76. The lowest BCUT2D eigenvalue weighted by atomic mass is 10.1. The zero-order chi connectivity index (χ0) is 15.9. The molecule has 1 saturated carbocycles. The lowest BCUT2D eigenvalue weighted by Crippen LogP contribution is -2.41. The van der Waals surface area contributed by atoms with Crippen LogP contribution in [0.25, 0.3) is 0 Å². The lowest BCUT2D eigenvalue weighted by Gasteiger charge is -2.16. The second-order valence-electron chi connectivity index (χ2n) is 6.06. The van der Waals surface area contributed by atoms with Crippen LogP contribution in [0.2, 0.25) is 0 Å². The van der Waals surface area contributed by atoms with Gasteiger partial charge in [0.2, 0.25) is 0 Å². The van der Waals surface area contributed by atoms with Crippen molar-refractivity contribution in [2.24, 2.45) is 0 Å². The summed E-state index contributed by atoms with van der Waals surface area (Å²) in [5.74, 6) is -1.14. The summed E-state index contributed by atoms with van der Waals surface area (Å²) in [5.41, 5.74) is 1.61. The molecule has 0 unspecified atom stereocenters. The molecule has 5 nitrogen and oxygen atoms in total. The average Bonchev–Trinajstić information content (AvgIpc) is 2.76. The molecule has 0 spiro atoms. The summed E-state index contributed by atoms with van der Waals surface area (Å²) in [4.78, 5) is 26.0. The van der Waals surface area contributed by atoms with Crippen molar-refractivity contribution in [3.8, 4) is 0 Å². The van der Waals surface area contributed by atoms with Crippen LogP contribution in [-0.2, 0) is 9.59 Å². The Labute approximate surface area is 132 Å². The van der Waals surface area contributed by atoms with Gasteiger partial charge >= 0.3 is 11.8 Å². The standard InChI is InChI=1S/C17H25N3O2/c1-20(2)15-11-7-10-14(12-15)19-17(22)16(21)18-13-8-5-3-4-6-9-13/h7,10-13H,3-6,8-9H2,1-2H3,(H,18,21)(H,19,22). The third-order valence-electron chi connectivity index (χ3n) is 4.02. The topological polar surface area (TPSA) is 61.4 Å². The van der Waals surface area contributed by atoms with E-state index in [1.165, 1.54) is 12.8 Å². The number of rotatable bonds is 3. The fourth-order valence-corrected chi connectivity index (χ4v) is 2.72. The number of amides is 2. The molecule has 5 heteroatoms. The Kier molecular flexibility index (Phi) is 5.81. The van der Waals surface area contributed by atoms with Crippen molar-refractivity contribution in [2.75, 3.05) is 24.3 Å². The number of hydrogen-bond acceptors (Lipinski definition) is 3. The predicted molar refractivity (Wildman–Crippen MR) is 89.0 cm³/mol. The summed E-state index contributed by atoms with van der Waals surface area (Å²) in [6, 6.07) is 7.56. The molecule has 0 radical (unpaired) electrons. The van der Waals surface area contributed by atoms with Crippen molar-refractivity contribution in [3.05, 3.63) is 24.3 Å². The molecule has 0 saturated heterocycles. The van der Waals surface area contributed by atoms with Crippen LogP contribution in [0.15, 0.2) is 24.3 Å². The van der Waals surface area contributed by atoms with Gasteiger partial charge < -0.3 is 15.5 Å². The van der Waals surface area contributed by atoms with Crippen LogP contribution in [0.1, 0.15) is 38.5 Å². The molecular weight excluding hydrogens is 278 g/mol. The maximum Gasteiger partial charge on any atom is 0.313 e. The maximum absolute atomic E-state index is 12.0. The van der Waals surface area contributed by atoms with Crippen molar-refractivity contribution in [2.45, 2.75) is 44.6 Å². The molecule has 1 aromatic carbocycles. The monoisotopic (exact) mass is 303 g/mol. The van der Waals surface area contributed by atoms with E-state index >= 15 is 0 Å². The minimum absolute atomic E-state index is 0.133. The Morgan fingerprint density at radius 2 is 1.73 bits per heavy atom. The number of carbonyl (C=O) groups excluding carboxylic acids is 2. The van der Waals surface area contributed by atoms with Crippen LogP contribution in [0, 0.1) is 0 Å². The smallest absolute Gasteiger partial charge is 0.313 e. The Hall–Kier alpha value is -2.04. The number of nitrogens with one attached hydrogen (secondary N) is 2. The predicted octanol–water partition coefficient (Wildman–Crippen LogP) is 2.53. The van der Waals surface area contributed by atoms with Gasteiger partial charge in [-0.25, -0.2) is 0 Å². The van der Waals surface area contributed by atoms with Gasteiger partial charge in [-0.1, -0.05) is 31.7 Å². The van der Waals surface area contributed by atoms with E-state index in [0.29, 0.717) is 5.69 Å². The Bertz CT molecular complexity index is 520. The molecule has 0 bridgehead atoms. The highest BCUT2D eigenvalue weighted by Crippen LogP contribution is 2.18. The molecule has 0 aliphatic heterocycles. The summed E-state index contributed by atoms with van der Waals surface area (Å²) in [5, 5.41) is 5.52. The van der Waals surface area contributed by atoms with E-state index in [1.807, 2.05) is 37.2 Å². The van der Waals surface area contributed by atoms with E-state index in [1.54, 1.807) is 6.07 Å². The van der Waals surface area contributed by atoms with Gasteiger partial charge in [0.05, 0.1) is 0 Å². The molecule has 1 aliphatic rings. The normalized spacial score (nSPS) is 15.7. The second-order valence-corrected chi connectivity index (χ2v) is 6.06. The van der Waals surface area contributed by atoms with Crippen LogP contribution < -0.4 is 15.5 Å². The highest BCUT2D eigenvalue weighted by molar-refractivity contribution is 6.39. The number of nitrogens with zero attached hydrogens (tertiary/aromatic N) is 1. The molecule has 1 aromatic rings. The fraction of sp³-hybridized carbons (Fsp3) is 0.529. The molecular formula is C17H25N3O2. The number of anilines is 2. The summed E-state index contributed by atoms with van der Waals surface area (Å²) < 4.78 is 0. The molecule has 1 fully saturated rings. The maximum atomic E-state index is 12.0. The molecule has 22 heavy (non-hydrogen) atoms. The van der Waals surface area contributed by atoms with E-state index in [2.05, 4.69) is 10.6 Å². The average molecular weight is 303 g/mol. The van der Waals surface area contributed by atoms with Crippen molar-refractivity contribution in [3.63, 3.8) is 0 Å². The van der Waals surface area contributed by atoms with Gasteiger partial charge in [0.25, 0.3) is 0 Å². The molecule has 0 aromatic heterocycles. The van der Waals surface area contributed by atoms with Crippen molar-refractivity contribution in [1.29, 1.82) is 0 Å². The summed E-state index contributed by atoms with van der Waals surface area (Å²) in [6.45, 7) is 0. The lowest BCUT2D eigenvalue weighted by molar-refractivity contribution is -0.136. The van der Waals surface area contributed by atoms with Gasteiger partial charge in [0.15, 0.2) is 0 Å². The van der Waals surface area contributed by atoms with Gasteiger partial charge in [0.1, 0.15) is 0 Å². The quantitative estimate of drug-likeness (QED) is 0.666. The number of hydrogen-bond donors (Lipinski definition) is 2. The Morgan fingerprint density at radius 3 is 2.36 bits per heavy atom. The highest BCUT2D eigenvalue weighted by atomic mass is 16.2. The van der Waals surface area contributed by atoms with Crippen molar-refractivity contribution >= 4 is 23.2 Å². The minimum Gasteiger partial charge on any atom is -0.378 e. The first-order chi connectivity index (χ1) is 10.6. The van der Waals surface area contributed by atoms with Crippen LogP contribution in [-0.4, -0.2) is 32.0 Å². The van der Waals surface area contributed by atoms with Gasteiger partial charge in [-0.05, 0) is 31.0 Å². The van der Waals surface area contributed by atoms with E-state index in [4.69, 9.17) is 0 Å². The molecule has 0 heterocycles. The molecule has 2 amide bonds. The first-order valence-corrected chi connectivity index (χ1v) is 7.95. The van der Waals surface area contributed by atoms with Gasteiger partial charge in [-0.3, -0.25) is 9.59 Å². The fourth-order valence-electron chi connectivity index (χ4n) is 2.72. The molecule has 0 atom stereocenters. The van der Waals surface area contributed by atoms with Crippen LogP contribution in [0.3, 0.4) is 0 Å². The minimum atomic E-state index is -0.597. The van der Waals surface area contributed by atoms with E-state index < -0.39 is 11.8 Å². The summed E-state index contributed by atoms with van der Waals surface area (Å²) in [6.07, 6.45) is 6.62. The molecule has 2 rings (SSSR count). The van der Waals surface area contributed by atoms with Crippen LogP contribution >= 0.6 is 0 Å². The first-order valence-electron chi connectivity index (χ1n) is 7.95. The largest absolute Gasteiger partial charge is 0.378 e.